The van der Waals surface area contributed by atoms with Gasteiger partial charge in [-0.15, -0.1) is 0 Å². The summed E-state index contributed by atoms with van der Waals surface area (Å²) in [7, 11) is 0. The second kappa shape index (κ2) is 5.54. The lowest BCUT2D eigenvalue weighted by atomic mass is 10.4. The molecular formula is C10H17N3O. The first kappa shape index (κ1) is 10.9. The zero-order chi connectivity index (χ0) is 10.4. The lowest BCUT2D eigenvalue weighted by Crippen LogP contribution is -2.28. The smallest absolute Gasteiger partial charge is 0.147 e. The molecule has 4 nitrogen and oxygen atoms in total. The Bertz CT molecular complexity index is 272. The average molecular weight is 195 g/mol. The van der Waals surface area contributed by atoms with Gasteiger partial charge in [0.05, 0.1) is 18.5 Å². The van der Waals surface area contributed by atoms with Gasteiger partial charge in [-0.1, -0.05) is 6.92 Å². The maximum absolute atomic E-state index is 8.90. The topological polar surface area (TPSA) is 49.2 Å². The highest BCUT2D eigenvalue weighted by molar-refractivity contribution is 5.35. The van der Waals surface area contributed by atoms with E-state index >= 15 is 0 Å². The van der Waals surface area contributed by atoms with Gasteiger partial charge in [0.25, 0.3) is 0 Å². The Labute approximate surface area is 84.6 Å². The Morgan fingerprint density at radius 1 is 1.36 bits per heavy atom. The molecule has 1 N–H and O–H groups in total. The Balaban J connectivity index is 2.75. The highest BCUT2D eigenvalue weighted by atomic mass is 16.3. The minimum Gasteiger partial charge on any atom is -0.395 e. The van der Waals surface area contributed by atoms with Gasteiger partial charge in [-0.25, -0.2) is 4.98 Å². The van der Waals surface area contributed by atoms with Crippen molar-refractivity contribution in [3.05, 3.63) is 18.1 Å². The van der Waals surface area contributed by atoms with Crippen LogP contribution in [0.2, 0.25) is 0 Å². The summed E-state index contributed by atoms with van der Waals surface area (Å²) in [5.74, 6) is 0.848. The van der Waals surface area contributed by atoms with Crippen LogP contribution in [-0.2, 0) is 0 Å². The fourth-order valence-electron chi connectivity index (χ4n) is 1.33. The second-order valence-corrected chi connectivity index (χ2v) is 3.23. The number of aryl methyl sites for hydroxylation is 1. The van der Waals surface area contributed by atoms with Crippen LogP contribution in [0, 0.1) is 6.92 Å². The number of aliphatic hydroxyl groups is 1. The summed E-state index contributed by atoms with van der Waals surface area (Å²) >= 11 is 0. The van der Waals surface area contributed by atoms with E-state index in [1.54, 1.807) is 12.4 Å². The second-order valence-electron chi connectivity index (χ2n) is 3.23. The molecule has 0 saturated heterocycles. The molecule has 1 aromatic rings. The predicted octanol–water partition coefficient (Wildman–Crippen LogP) is 0.994. The van der Waals surface area contributed by atoms with Crippen LogP contribution < -0.4 is 4.90 Å². The molecule has 0 atom stereocenters. The van der Waals surface area contributed by atoms with Crippen molar-refractivity contribution in [2.75, 3.05) is 24.6 Å². The summed E-state index contributed by atoms with van der Waals surface area (Å²) in [6.07, 6.45) is 4.50. The Hall–Kier alpha value is -1.16. The minimum atomic E-state index is 0.148. The summed E-state index contributed by atoms with van der Waals surface area (Å²) < 4.78 is 0. The fraction of sp³-hybridized carbons (Fsp3) is 0.600. The predicted molar refractivity (Wildman–Crippen MR) is 56.4 cm³/mol. The normalized spacial score (nSPS) is 10.2. The molecule has 1 aromatic heterocycles. The summed E-state index contributed by atoms with van der Waals surface area (Å²) in [6, 6.07) is 0. The van der Waals surface area contributed by atoms with Crippen molar-refractivity contribution in [1.29, 1.82) is 0 Å². The SMILES string of the molecule is CCCN(CCO)c1cncc(C)n1. The molecule has 0 aliphatic heterocycles. The van der Waals surface area contributed by atoms with Gasteiger partial charge >= 0.3 is 0 Å². The molecule has 78 valence electrons. The van der Waals surface area contributed by atoms with E-state index in [9.17, 15) is 0 Å². The van der Waals surface area contributed by atoms with E-state index in [4.69, 9.17) is 5.11 Å². The maximum atomic E-state index is 8.90. The molecule has 0 aliphatic carbocycles. The van der Waals surface area contributed by atoms with E-state index in [1.807, 2.05) is 11.8 Å². The van der Waals surface area contributed by atoms with Crippen molar-refractivity contribution in [3.63, 3.8) is 0 Å². The van der Waals surface area contributed by atoms with Crippen LogP contribution in [0.5, 0.6) is 0 Å². The van der Waals surface area contributed by atoms with Crippen LogP contribution in [0.4, 0.5) is 5.82 Å². The van der Waals surface area contributed by atoms with E-state index < -0.39 is 0 Å². The van der Waals surface area contributed by atoms with Crippen LogP contribution >= 0.6 is 0 Å². The number of hydrogen-bond donors (Lipinski definition) is 1. The van der Waals surface area contributed by atoms with Gasteiger partial charge in [-0.3, -0.25) is 4.98 Å². The molecule has 0 saturated carbocycles. The van der Waals surface area contributed by atoms with Gasteiger partial charge in [0, 0.05) is 19.3 Å². The standard InChI is InChI=1S/C10H17N3O/c1-3-4-13(5-6-14)10-8-11-7-9(2)12-10/h7-8,14H,3-6H2,1-2H3. The fourth-order valence-corrected chi connectivity index (χ4v) is 1.33. The molecule has 1 heterocycles. The number of anilines is 1. The molecule has 14 heavy (non-hydrogen) atoms. The lowest BCUT2D eigenvalue weighted by molar-refractivity contribution is 0.301. The third kappa shape index (κ3) is 2.96. The number of aromatic nitrogens is 2. The molecule has 1 rings (SSSR count). The number of rotatable bonds is 5. The van der Waals surface area contributed by atoms with Gasteiger partial charge in [0.15, 0.2) is 0 Å². The van der Waals surface area contributed by atoms with E-state index in [0.717, 1.165) is 24.5 Å². The number of aliphatic hydroxyl groups excluding tert-OH is 1. The van der Waals surface area contributed by atoms with Crippen molar-refractivity contribution in [2.24, 2.45) is 0 Å². The number of nitrogens with zero attached hydrogens (tertiary/aromatic N) is 3. The third-order valence-electron chi connectivity index (χ3n) is 1.93. The molecule has 0 amide bonds. The van der Waals surface area contributed by atoms with Crippen molar-refractivity contribution < 1.29 is 5.11 Å². The average Bonchev–Trinajstić information content (AvgIpc) is 2.17. The Morgan fingerprint density at radius 3 is 2.71 bits per heavy atom. The maximum Gasteiger partial charge on any atom is 0.147 e. The van der Waals surface area contributed by atoms with E-state index in [0.29, 0.717) is 6.54 Å². The van der Waals surface area contributed by atoms with Crippen LogP contribution in [-0.4, -0.2) is 34.8 Å². The zero-order valence-corrected chi connectivity index (χ0v) is 8.77. The van der Waals surface area contributed by atoms with Crippen molar-refractivity contribution in [1.82, 2.24) is 9.97 Å². The zero-order valence-electron chi connectivity index (χ0n) is 8.77. The van der Waals surface area contributed by atoms with Gasteiger partial charge in [-0.05, 0) is 13.3 Å². The Kier molecular flexibility index (Phi) is 4.32. The molecule has 0 aliphatic rings. The largest absolute Gasteiger partial charge is 0.395 e. The minimum absolute atomic E-state index is 0.148. The molecule has 0 bridgehead atoms. The highest BCUT2D eigenvalue weighted by Gasteiger charge is 2.06. The third-order valence-corrected chi connectivity index (χ3v) is 1.93. The molecule has 0 aromatic carbocycles. The van der Waals surface area contributed by atoms with Gasteiger partial charge < -0.3 is 10.0 Å². The molecule has 0 unspecified atom stereocenters. The van der Waals surface area contributed by atoms with Crippen molar-refractivity contribution >= 4 is 5.82 Å². The summed E-state index contributed by atoms with van der Waals surface area (Å²) in [4.78, 5) is 10.5. The van der Waals surface area contributed by atoms with Gasteiger partial charge in [0.1, 0.15) is 5.82 Å². The first-order valence-corrected chi connectivity index (χ1v) is 4.92. The molecule has 0 fully saturated rings. The quantitative estimate of drug-likeness (QED) is 0.761. The molecular weight excluding hydrogens is 178 g/mol. The van der Waals surface area contributed by atoms with Crippen LogP contribution in [0.1, 0.15) is 19.0 Å². The van der Waals surface area contributed by atoms with E-state index in [-0.39, 0.29) is 6.61 Å². The summed E-state index contributed by atoms with van der Waals surface area (Å²) in [5.41, 5.74) is 0.904. The van der Waals surface area contributed by atoms with Gasteiger partial charge in [0.2, 0.25) is 0 Å². The molecule has 0 spiro atoms. The first-order chi connectivity index (χ1) is 6.77. The summed E-state index contributed by atoms with van der Waals surface area (Å²) in [5, 5.41) is 8.90. The van der Waals surface area contributed by atoms with E-state index in [2.05, 4.69) is 16.9 Å². The summed E-state index contributed by atoms with van der Waals surface area (Å²) in [6.45, 7) is 5.69. The van der Waals surface area contributed by atoms with Crippen LogP contribution in [0.25, 0.3) is 0 Å². The molecule has 0 radical (unpaired) electrons. The Morgan fingerprint density at radius 2 is 2.14 bits per heavy atom. The molecule has 4 heteroatoms. The van der Waals surface area contributed by atoms with Gasteiger partial charge in [-0.2, -0.15) is 0 Å². The first-order valence-electron chi connectivity index (χ1n) is 4.92. The number of hydrogen-bond acceptors (Lipinski definition) is 4. The highest BCUT2D eigenvalue weighted by Crippen LogP contribution is 2.09. The van der Waals surface area contributed by atoms with Crippen molar-refractivity contribution in [2.45, 2.75) is 20.3 Å². The monoisotopic (exact) mass is 195 g/mol. The lowest BCUT2D eigenvalue weighted by Gasteiger charge is -2.21. The van der Waals surface area contributed by atoms with Crippen LogP contribution in [0.15, 0.2) is 12.4 Å². The van der Waals surface area contributed by atoms with Crippen molar-refractivity contribution in [3.8, 4) is 0 Å². The van der Waals surface area contributed by atoms with E-state index in [1.165, 1.54) is 0 Å². The van der Waals surface area contributed by atoms with Crippen LogP contribution in [0.3, 0.4) is 0 Å².